The van der Waals surface area contributed by atoms with Crippen molar-refractivity contribution in [1.29, 1.82) is 0 Å². The van der Waals surface area contributed by atoms with Gasteiger partial charge in [0, 0.05) is 18.2 Å². The molecule has 0 spiro atoms. The molecule has 1 atom stereocenters. The molecular formula is C15H18ClN3O. The number of fused-ring (bicyclic) bond motifs is 1. The van der Waals surface area contributed by atoms with Crippen LogP contribution in [0.1, 0.15) is 37.0 Å². The fraction of sp³-hybridized carbons (Fsp3) is 0.467. The molecule has 4 nitrogen and oxygen atoms in total. The molecule has 0 radical (unpaired) electrons. The van der Waals surface area contributed by atoms with Crippen molar-refractivity contribution >= 4 is 28.5 Å². The lowest BCUT2D eigenvalue weighted by Gasteiger charge is -2.12. The molecule has 0 aliphatic heterocycles. The highest BCUT2D eigenvalue weighted by Crippen LogP contribution is 2.32. The number of hydrogen-bond acceptors (Lipinski definition) is 2. The van der Waals surface area contributed by atoms with Gasteiger partial charge in [-0.15, -0.1) is 0 Å². The number of halogens is 1. The molecule has 1 aliphatic rings. The maximum Gasteiger partial charge on any atom is 0.251 e. The van der Waals surface area contributed by atoms with E-state index in [0.29, 0.717) is 16.8 Å². The van der Waals surface area contributed by atoms with E-state index in [2.05, 4.69) is 17.2 Å². The lowest BCUT2D eigenvalue weighted by atomic mass is 10.1. The number of imidazole rings is 1. The van der Waals surface area contributed by atoms with Crippen molar-refractivity contribution in [3.05, 3.63) is 29.0 Å². The number of carbonyl (C=O) groups is 1. The first-order chi connectivity index (χ1) is 9.60. The van der Waals surface area contributed by atoms with E-state index in [1.54, 1.807) is 0 Å². The highest BCUT2D eigenvalue weighted by Gasteiger charge is 2.29. The van der Waals surface area contributed by atoms with E-state index >= 15 is 0 Å². The first-order valence-corrected chi connectivity index (χ1v) is 7.44. The van der Waals surface area contributed by atoms with E-state index in [1.807, 2.05) is 29.7 Å². The second kappa shape index (κ2) is 5.09. The Balaban J connectivity index is 1.86. The summed E-state index contributed by atoms with van der Waals surface area (Å²) < 4.78 is 1.92. The quantitative estimate of drug-likeness (QED) is 0.940. The molecule has 1 amide bonds. The lowest BCUT2D eigenvalue weighted by Crippen LogP contribution is -2.33. The third-order valence-electron chi connectivity index (χ3n) is 3.97. The second-order valence-corrected chi connectivity index (χ2v) is 5.77. The number of hydrogen-bond donors (Lipinski definition) is 1. The van der Waals surface area contributed by atoms with E-state index in [-0.39, 0.29) is 11.9 Å². The second-order valence-electron chi connectivity index (χ2n) is 5.43. The molecule has 0 unspecified atom stereocenters. The van der Waals surface area contributed by atoms with E-state index in [9.17, 15) is 4.79 Å². The third kappa shape index (κ3) is 2.40. The minimum absolute atomic E-state index is 0.0338. The summed E-state index contributed by atoms with van der Waals surface area (Å²) in [5, 5.41) is 3.52. The molecule has 0 bridgehead atoms. The van der Waals surface area contributed by atoms with Gasteiger partial charge in [0.15, 0.2) is 0 Å². The van der Waals surface area contributed by atoms with Crippen LogP contribution in [0, 0.1) is 5.92 Å². The number of aryl methyl sites for hydroxylation is 1. The molecule has 106 valence electrons. The van der Waals surface area contributed by atoms with Crippen molar-refractivity contribution in [1.82, 2.24) is 14.9 Å². The zero-order valence-electron chi connectivity index (χ0n) is 11.7. The number of nitrogens with zero attached hydrogens (tertiary/aromatic N) is 2. The Morgan fingerprint density at radius 2 is 2.30 bits per heavy atom. The summed E-state index contributed by atoms with van der Waals surface area (Å²) in [6.45, 7) is 4.85. The number of nitrogens with one attached hydrogen (secondary N) is 1. The summed E-state index contributed by atoms with van der Waals surface area (Å²) in [6.07, 6.45) is 2.44. The number of carbonyl (C=O) groups excluding carboxylic acids is 1. The van der Waals surface area contributed by atoms with Gasteiger partial charge in [-0.3, -0.25) is 4.79 Å². The van der Waals surface area contributed by atoms with Crippen LogP contribution in [0.2, 0.25) is 5.28 Å². The van der Waals surface area contributed by atoms with Crippen molar-refractivity contribution in [2.75, 3.05) is 0 Å². The Morgan fingerprint density at radius 3 is 2.95 bits per heavy atom. The molecule has 1 aromatic heterocycles. The van der Waals surface area contributed by atoms with Gasteiger partial charge < -0.3 is 9.88 Å². The van der Waals surface area contributed by atoms with Gasteiger partial charge in [-0.25, -0.2) is 4.98 Å². The maximum atomic E-state index is 12.2. The highest BCUT2D eigenvalue weighted by atomic mass is 35.5. The predicted molar refractivity (Wildman–Crippen MR) is 80.1 cm³/mol. The minimum atomic E-state index is -0.0338. The summed E-state index contributed by atoms with van der Waals surface area (Å²) in [5.74, 6) is 0.616. The van der Waals surface area contributed by atoms with E-state index in [4.69, 9.17) is 11.6 Å². The number of benzene rings is 1. The smallest absolute Gasteiger partial charge is 0.251 e. The number of amides is 1. The van der Waals surface area contributed by atoms with Gasteiger partial charge in [0.2, 0.25) is 5.28 Å². The summed E-state index contributed by atoms with van der Waals surface area (Å²) in [6, 6.07) is 5.80. The first-order valence-electron chi connectivity index (χ1n) is 7.06. The monoisotopic (exact) mass is 291 g/mol. The maximum absolute atomic E-state index is 12.2. The zero-order valence-corrected chi connectivity index (χ0v) is 12.4. The van der Waals surface area contributed by atoms with Gasteiger partial charge in [0.1, 0.15) is 0 Å². The molecule has 1 fully saturated rings. The van der Waals surface area contributed by atoms with Crippen LogP contribution in [0.3, 0.4) is 0 Å². The molecular weight excluding hydrogens is 274 g/mol. The topological polar surface area (TPSA) is 46.9 Å². The van der Waals surface area contributed by atoms with Crippen LogP contribution in [0.25, 0.3) is 11.0 Å². The first kappa shape index (κ1) is 13.4. The Morgan fingerprint density at radius 1 is 1.55 bits per heavy atom. The van der Waals surface area contributed by atoms with Crippen LogP contribution in [0.5, 0.6) is 0 Å². The van der Waals surface area contributed by atoms with E-state index in [1.165, 1.54) is 12.8 Å². The van der Waals surface area contributed by atoms with Crippen LogP contribution in [-0.2, 0) is 6.54 Å². The molecule has 2 aromatic rings. The Bertz CT molecular complexity index is 660. The Hall–Kier alpha value is -1.55. The fourth-order valence-electron chi connectivity index (χ4n) is 2.55. The highest BCUT2D eigenvalue weighted by molar-refractivity contribution is 6.29. The van der Waals surface area contributed by atoms with E-state index < -0.39 is 0 Å². The molecule has 0 saturated heterocycles. The average Bonchev–Trinajstić information content (AvgIpc) is 3.21. The molecule has 1 N–H and O–H groups in total. The summed E-state index contributed by atoms with van der Waals surface area (Å²) in [5.41, 5.74) is 2.37. The predicted octanol–water partition coefficient (Wildman–Crippen LogP) is 3.24. The fourth-order valence-corrected chi connectivity index (χ4v) is 2.85. The van der Waals surface area contributed by atoms with E-state index in [0.717, 1.165) is 17.6 Å². The molecule has 3 rings (SSSR count). The Kier molecular flexibility index (Phi) is 3.42. The summed E-state index contributed by atoms with van der Waals surface area (Å²) in [4.78, 5) is 16.5. The van der Waals surface area contributed by atoms with Gasteiger partial charge in [-0.05, 0) is 62.4 Å². The van der Waals surface area contributed by atoms with Gasteiger partial charge in [0.25, 0.3) is 5.91 Å². The molecule has 5 heteroatoms. The van der Waals surface area contributed by atoms with Gasteiger partial charge >= 0.3 is 0 Å². The standard InChI is InChI=1S/C15H18ClN3O/c1-3-19-13-7-6-11(8-12(13)18-15(19)16)14(20)17-9(2)10-4-5-10/h6-10H,3-5H2,1-2H3,(H,17,20)/t9-/m1/s1. The zero-order chi connectivity index (χ0) is 14.3. The van der Waals surface area contributed by atoms with Crippen molar-refractivity contribution in [3.63, 3.8) is 0 Å². The molecule has 1 heterocycles. The van der Waals surface area contributed by atoms with Crippen LogP contribution < -0.4 is 5.32 Å². The normalized spacial score (nSPS) is 16.4. The van der Waals surface area contributed by atoms with Crippen molar-refractivity contribution in [2.45, 2.75) is 39.3 Å². The van der Waals surface area contributed by atoms with Crippen LogP contribution >= 0.6 is 11.6 Å². The van der Waals surface area contributed by atoms with Gasteiger partial charge in [-0.2, -0.15) is 0 Å². The SMILES string of the molecule is CCn1c(Cl)nc2cc(C(=O)N[C@H](C)C3CC3)ccc21. The molecule has 1 aliphatic carbocycles. The summed E-state index contributed by atoms with van der Waals surface area (Å²) in [7, 11) is 0. The number of rotatable bonds is 4. The van der Waals surface area contributed by atoms with Crippen LogP contribution in [0.4, 0.5) is 0 Å². The van der Waals surface area contributed by atoms with Gasteiger partial charge in [0.05, 0.1) is 11.0 Å². The molecule has 1 aromatic carbocycles. The molecule has 20 heavy (non-hydrogen) atoms. The summed E-state index contributed by atoms with van der Waals surface area (Å²) >= 11 is 6.09. The van der Waals surface area contributed by atoms with Crippen LogP contribution in [-0.4, -0.2) is 21.5 Å². The number of aromatic nitrogens is 2. The Labute approximate surface area is 123 Å². The van der Waals surface area contributed by atoms with Crippen molar-refractivity contribution in [2.24, 2.45) is 5.92 Å². The average molecular weight is 292 g/mol. The van der Waals surface area contributed by atoms with Gasteiger partial charge in [-0.1, -0.05) is 0 Å². The molecule has 1 saturated carbocycles. The van der Waals surface area contributed by atoms with Crippen molar-refractivity contribution in [3.8, 4) is 0 Å². The van der Waals surface area contributed by atoms with Crippen LogP contribution in [0.15, 0.2) is 18.2 Å². The minimum Gasteiger partial charge on any atom is -0.349 e. The third-order valence-corrected chi connectivity index (χ3v) is 4.26. The lowest BCUT2D eigenvalue weighted by molar-refractivity contribution is 0.0936. The van der Waals surface area contributed by atoms with Crippen molar-refractivity contribution < 1.29 is 4.79 Å². The largest absolute Gasteiger partial charge is 0.349 e.